The van der Waals surface area contributed by atoms with Crippen molar-refractivity contribution in [1.29, 1.82) is 0 Å². The van der Waals surface area contributed by atoms with Gasteiger partial charge in [-0.2, -0.15) is 0 Å². The zero-order valence-corrected chi connectivity index (χ0v) is 14.6. The molecule has 0 unspecified atom stereocenters. The fourth-order valence-corrected chi connectivity index (χ4v) is 3.27. The summed E-state index contributed by atoms with van der Waals surface area (Å²) >= 11 is 0. The monoisotopic (exact) mass is 341 g/mol. The van der Waals surface area contributed by atoms with E-state index in [1.165, 1.54) is 0 Å². The van der Waals surface area contributed by atoms with E-state index >= 15 is 0 Å². The lowest BCUT2D eigenvalue weighted by Crippen LogP contribution is -2.34. The number of ether oxygens (including phenoxy) is 1. The third kappa shape index (κ3) is 4.45. The second kappa shape index (κ2) is 8.26. The van der Waals surface area contributed by atoms with Crippen LogP contribution in [0.1, 0.15) is 35.7 Å². The van der Waals surface area contributed by atoms with Gasteiger partial charge in [0.25, 0.3) is 0 Å². The van der Waals surface area contributed by atoms with E-state index in [9.17, 15) is 9.18 Å². The molecular formula is C21H24FNO2. The fraction of sp³-hybridized carbons (Fsp3) is 0.381. The van der Waals surface area contributed by atoms with Gasteiger partial charge in [-0.05, 0) is 48.6 Å². The summed E-state index contributed by atoms with van der Waals surface area (Å²) < 4.78 is 18.5. The van der Waals surface area contributed by atoms with E-state index in [4.69, 9.17) is 4.74 Å². The summed E-state index contributed by atoms with van der Waals surface area (Å²) in [5, 5.41) is 0. The maximum atomic E-state index is 13.4. The highest BCUT2D eigenvalue weighted by molar-refractivity contribution is 5.90. The first kappa shape index (κ1) is 17.6. The summed E-state index contributed by atoms with van der Waals surface area (Å²) in [5.74, 6) is -0.300. The zero-order chi connectivity index (χ0) is 17.6. The summed E-state index contributed by atoms with van der Waals surface area (Å²) in [5.41, 5.74) is 3.87. The number of halogens is 1. The number of piperidine rings is 1. The van der Waals surface area contributed by atoms with Crippen molar-refractivity contribution in [2.45, 2.75) is 32.5 Å². The van der Waals surface area contributed by atoms with E-state index in [0.717, 1.165) is 29.8 Å². The van der Waals surface area contributed by atoms with Gasteiger partial charge in [-0.1, -0.05) is 36.4 Å². The van der Waals surface area contributed by atoms with Gasteiger partial charge in [0.2, 0.25) is 0 Å². The molecule has 0 spiro atoms. The Morgan fingerprint density at radius 3 is 2.56 bits per heavy atom. The minimum absolute atomic E-state index is 0.300. The number of likely N-dealkylation sites (tertiary alicyclic amines) is 1. The Morgan fingerprint density at radius 1 is 1.16 bits per heavy atom. The van der Waals surface area contributed by atoms with Gasteiger partial charge in [-0.3, -0.25) is 4.90 Å². The first-order chi connectivity index (χ1) is 12.2. The van der Waals surface area contributed by atoms with Crippen LogP contribution in [0.3, 0.4) is 0 Å². The van der Waals surface area contributed by atoms with E-state index in [1.807, 2.05) is 36.4 Å². The maximum Gasteiger partial charge on any atom is 0.338 e. The smallest absolute Gasteiger partial charge is 0.338 e. The molecule has 1 fully saturated rings. The third-order valence-electron chi connectivity index (χ3n) is 4.61. The van der Waals surface area contributed by atoms with E-state index in [0.29, 0.717) is 31.6 Å². The largest absolute Gasteiger partial charge is 0.462 e. The molecule has 4 heteroatoms. The Kier molecular flexibility index (Phi) is 5.82. The predicted octanol–water partition coefficient (Wildman–Crippen LogP) is 4.46. The van der Waals surface area contributed by atoms with Crippen LogP contribution in [0.25, 0.3) is 11.1 Å². The Morgan fingerprint density at radius 2 is 1.88 bits per heavy atom. The molecular weight excluding hydrogens is 317 g/mol. The van der Waals surface area contributed by atoms with Crippen molar-refractivity contribution in [2.24, 2.45) is 0 Å². The molecule has 0 saturated carbocycles. The molecule has 1 heterocycles. The molecule has 0 atom stereocenters. The van der Waals surface area contributed by atoms with Gasteiger partial charge in [0.05, 0.1) is 12.2 Å². The summed E-state index contributed by atoms with van der Waals surface area (Å²) in [6.45, 7) is 4.37. The SMILES string of the molecule is CCOC(=O)c1ccc(-c2ccccc2)c(CN2CCC(F)CC2)c1. The van der Waals surface area contributed by atoms with Crippen LogP contribution >= 0.6 is 0 Å². The summed E-state index contributed by atoms with van der Waals surface area (Å²) in [6, 6.07) is 15.9. The van der Waals surface area contributed by atoms with Crippen molar-refractivity contribution in [3.63, 3.8) is 0 Å². The molecule has 2 aromatic carbocycles. The minimum atomic E-state index is -0.685. The summed E-state index contributed by atoms with van der Waals surface area (Å²) in [6.07, 6.45) is 0.479. The second-order valence-electron chi connectivity index (χ2n) is 6.41. The van der Waals surface area contributed by atoms with Gasteiger partial charge >= 0.3 is 5.97 Å². The molecule has 1 aliphatic heterocycles. The number of hydrogen-bond acceptors (Lipinski definition) is 3. The molecule has 3 rings (SSSR count). The molecule has 25 heavy (non-hydrogen) atoms. The van der Waals surface area contributed by atoms with E-state index in [1.54, 1.807) is 6.92 Å². The van der Waals surface area contributed by atoms with Crippen molar-refractivity contribution in [2.75, 3.05) is 19.7 Å². The molecule has 0 aromatic heterocycles. The maximum absolute atomic E-state index is 13.4. The van der Waals surface area contributed by atoms with Crippen molar-refractivity contribution in [3.8, 4) is 11.1 Å². The molecule has 3 nitrogen and oxygen atoms in total. The summed E-state index contributed by atoms with van der Waals surface area (Å²) in [4.78, 5) is 14.4. The molecule has 132 valence electrons. The van der Waals surface area contributed by atoms with Crippen molar-refractivity contribution < 1.29 is 13.9 Å². The van der Waals surface area contributed by atoms with Gasteiger partial charge in [0.15, 0.2) is 0 Å². The standard InChI is InChI=1S/C21H24FNO2/c1-2-25-21(24)17-8-9-20(16-6-4-3-5-7-16)18(14-17)15-23-12-10-19(22)11-13-23/h3-9,14,19H,2,10-13,15H2,1H3. The minimum Gasteiger partial charge on any atom is -0.462 e. The molecule has 0 aliphatic carbocycles. The zero-order valence-electron chi connectivity index (χ0n) is 14.6. The topological polar surface area (TPSA) is 29.5 Å². The molecule has 0 N–H and O–H groups in total. The number of carbonyl (C=O) groups is 1. The molecule has 1 aliphatic rings. The van der Waals surface area contributed by atoms with Crippen molar-refractivity contribution in [3.05, 3.63) is 59.7 Å². The molecule has 1 saturated heterocycles. The molecule has 0 radical (unpaired) electrons. The highest BCUT2D eigenvalue weighted by atomic mass is 19.1. The van der Waals surface area contributed by atoms with Gasteiger partial charge < -0.3 is 4.74 Å². The summed E-state index contributed by atoms with van der Waals surface area (Å²) in [7, 11) is 0. The van der Waals surface area contributed by atoms with Crippen LogP contribution in [0.5, 0.6) is 0 Å². The Labute approximate surface area is 148 Å². The Bertz CT molecular complexity index is 709. The number of benzene rings is 2. The average Bonchev–Trinajstić information content (AvgIpc) is 2.64. The first-order valence-corrected chi connectivity index (χ1v) is 8.89. The Hall–Kier alpha value is -2.20. The molecule has 0 bridgehead atoms. The first-order valence-electron chi connectivity index (χ1n) is 8.89. The average molecular weight is 341 g/mol. The van der Waals surface area contributed by atoms with Crippen LogP contribution in [0.2, 0.25) is 0 Å². The van der Waals surface area contributed by atoms with Crippen LogP contribution in [0.4, 0.5) is 4.39 Å². The Balaban J connectivity index is 1.90. The highest BCUT2D eigenvalue weighted by Crippen LogP contribution is 2.27. The van der Waals surface area contributed by atoms with Gasteiger partial charge in [-0.25, -0.2) is 9.18 Å². The van der Waals surface area contributed by atoms with E-state index in [2.05, 4.69) is 17.0 Å². The lowest BCUT2D eigenvalue weighted by molar-refractivity contribution is 0.0526. The van der Waals surface area contributed by atoms with Crippen LogP contribution in [0.15, 0.2) is 48.5 Å². The number of hydrogen-bond donors (Lipinski definition) is 0. The number of rotatable bonds is 5. The quantitative estimate of drug-likeness (QED) is 0.752. The van der Waals surface area contributed by atoms with Gasteiger partial charge in [0.1, 0.15) is 6.17 Å². The van der Waals surface area contributed by atoms with Gasteiger partial charge in [-0.15, -0.1) is 0 Å². The third-order valence-corrected chi connectivity index (χ3v) is 4.61. The van der Waals surface area contributed by atoms with E-state index in [-0.39, 0.29) is 5.97 Å². The highest BCUT2D eigenvalue weighted by Gasteiger charge is 2.20. The second-order valence-corrected chi connectivity index (χ2v) is 6.41. The fourth-order valence-electron chi connectivity index (χ4n) is 3.27. The van der Waals surface area contributed by atoms with Crippen molar-refractivity contribution >= 4 is 5.97 Å². The van der Waals surface area contributed by atoms with Gasteiger partial charge in [0, 0.05) is 19.6 Å². The number of nitrogens with zero attached hydrogens (tertiary/aromatic N) is 1. The van der Waals surface area contributed by atoms with Crippen LogP contribution in [-0.4, -0.2) is 36.7 Å². The molecule has 0 amide bonds. The van der Waals surface area contributed by atoms with Crippen LogP contribution in [-0.2, 0) is 11.3 Å². The van der Waals surface area contributed by atoms with E-state index < -0.39 is 6.17 Å². The lowest BCUT2D eigenvalue weighted by atomic mass is 9.96. The van der Waals surface area contributed by atoms with Crippen LogP contribution in [0, 0.1) is 0 Å². The predicted molar refractivity (Wildman–Crippen MR) is 97.2 cm³/mol. The number of esters is 1. The van der Waals surface area contributed by atoms with Crippen molar-refractivity contribution in [1.82, 2.24) is 4.90 Å². The lowest BCUT2D eigenvalue weighted by Gasteiger charge is -2.29. The number of carbonyl (C=O) groups excluding carboxylic acids is 1. The van der Waals surface area contributed by atoms with Crippen LogP contribution < -0.4 is 0 Å². The molecule has 2 aromatic rings. The number of alkyl halides is 1. The normalized spacial score (nSPS) is 15.9.